The molecule has 0 radical (unpaired) electrons. The summed E-state index contributed by atoms with van der Waals surface area (Å²) in [6, 6.07) is 5.10. The van der Waals surface area contributed by atoms with Gasteiger partial charge in [0.15, 0.2) is 0 Å². The quantitative estimate of drug-likeness (QED) is 0.910. The zero-order chi connectivity index (χ0) is 14.8. The molecule has 0 amide bonds. The van der Waals surface area contributed by atoms with Gasteiger partial charge in [0.25, 0.3) is 10.0 Å². The SMILES string of the molecule is CNc1ccncc1S(=O)(=O)Nc1ccc(F)c(Cl)c1. The Morgan fingerprint density at radius 1 is 1.30 bits per heavy atom. The van der Waals surface area contributed by atoms with Gasteiger partial charge in [0.05, 0.1) is 16.4 Å². The van der Waals surface area contributed by atoms with Crippen molar-refractivity contribution in [2.24, 2.45) is 0 Å². The maximum Gasteiger partial charge on any atom is 0.265 e. The minimum Gasteiger partial charge on any atom is -0.387 e. The van der Waals surface area contributed by atoms with Gasteiger partial charge in [-0.1, -0.05) is 11.6 Å². The van der Waals surface area contributed by atoms with E-state index in [0.29, 0.717) is 5.69 Å². The second kappa shape index (κ2) is 5.64. The average molecular weight is 316 g/mol. The molecule has 0 spiro atoms. The summed E-state index contributed by atoms with van der Waals surface area (Å²) >= 11 is 5.61. The van der Waals surface area contributed by atoms with Gasteiger partial charge in [0.2, 0.25) is 0 Å². The van der Waals surface area contributed by atoms with E-state index in [9.17, 15) is 12.8 Å². The first-order valence-electron chi connectivity index (χ1n) is 5.53. The number of nitrogens with one attached hydrogen (secondary N) is 2. The largest absolute Gasteiger partial charge is 0.387 e. The van der Waals surface area contributed by atoms with Crippen LogP contribution in [0.4, 0.5) is 15.8 Å². The third-order valence-electron chi connectivity index (χ3n) is 2.52. The van der Waals surface area contributed by atoms with E-state index < -0.39 is 15.8 Å². The highest BCUT2D eigenvalue weighted by Gasteiger charge is 2.19. The first-order chi connectivity index (χ1) is 9.44. The lowest BCUT2D eigenvalue weighted by molar-refractivity contribution is 0.601. The maximum atomic E-state index is 13.0. The Morgan fingerprint density at radius 3 is 2.70 bits per heavy atom. The van der Waals surface area contributed by atoms with Crippen molar-refractivity contribution in [2.75, 3.05) is 17.1 Å². The summed E-state index contributed by atoms with van der Waals surface area (Å²) in [4.78, 5) is 3.78. The van der Waals surface area contributed by atoms with Crippen molar-refractivity contribution in [1.82, 2.24) is 4.98 Å². The van der Waals surface area contributed by atoms with Crippen molar-refractivity contribution in [3.63, 3.8) is 0 Å². The fourth-order valence-corrected chi connectivity index (χ4v) is 2.96. The fourth-order valence-electron chi connectivity index (χ4n) is 1.57. The van der Waals surface area contributed by atoms with Crippen LogP contribution in [0.2, 0.25) is 5.02 Å². The van der Waals surface area contributed by atoms with E-state index in [1.165, 1.54) is 30.6 Å². The predicted molar refractivity (Wildman–Crippen MR) is 76.0 cm³/mol. The van der Waals surface area contributed by atoms with Gasteiger partial charge in [-0.05, 0) is 24.3 Å². The first kappa shape index (κ1) is 14.5. The molecule has 2 rings (SSSR count). The fraction of sp³-hybridized carbons (Fsp3) is 0.0833. The molecule has 0 atom stereocenters. The van der Waals surface area contributed by atoms with Crippen LogP contribution in [0, 0.1) is 5.82 Å². The first-order valence-corrected chi connectivity index (χ1v) is 7.40. The lowest BCUT2D eigenvalue weighted by Crippen LogP contribution is -2.15. The van der Waals surface area contributed by atoms with Crippen LogP contribution >= 0.6 is 11.6 Å². The Morgan fingerprint density at radius 2 is 2.05 bits per heavy atom. The van der Waals surface area contributed by atoms with Crippen molar-refractivity contribution < 1.29 is 12.8 Å². The van der Waals surface area contributed by atoms with Crippen LogP contribution in [0.1, 0.15) is 0 Å². The number of hydrogen-bond donors (Lipinski definition) is 2. The number of halogens is 2. The van der Waals surface area contributed by atoms with E-state index in [0.717, 1.165) is 6.07 Å². The van der Waals surface area contributed by atoms with E-state index in [1.54, 1.807) is 7.05 Å². The topological polar surface area (TPSA) is 71.1 Å². The molecule has 1 aromatic carbocycles. The Kier molecular flexibility index (Phi) is 4.10. The second-order valence-electron chi connectivity index (χ2n) is 3.86. The Bertz CT molecular complexity index is 737. The van der Waals surface area contributed by atoms with Gasteiger partial charge in [-0.15, -0.1) is 0 Å². The molecule has 1 aromatic heterocycles. The number of pyridine rings is 1. The van der Waals surface area contributed by atoms with E-state index in [2.05, 4.69) is 15.0 Å². The third kappa shape index (κ3) is 3.00. The van der Waals surface area contributed by atoms with Crippen LogP contribution in [0.5, 0.6) is 0 Å². The highest BCUT2D eigenvalue weighted by atomic mass is 35.5. The number of rotatable bonds is 4. The van der Waals surface area contributed by atoms with Gasteiger partial charge in [0, 0.05) is 19.4 Å². The van der Waals surface area contributed by atoms with Crippen LogP contribution in [0.3, 0.4) is 0 Å². The number of benzene rings is 1. The maximum absolute atomic E-state index is 13.0. The molecule has 20 heavy (non-hydrogen) atoms. The molecule has 0 unspecified atom stereocenters. The third-order valence-corrected chi connectivity index (χ3v) is 4.21. The summed E-state index contributed by atoms with van der Waals surface area (Å²) < 4.78 is 39.9. The summed E-state index contributed by atoms with van der Waals surface area (Å²) in [6.07, 6.45) is 2.69. The van der Waals surface area contributed by atoms with Crippen molar-refractivity contribution in [3.8, 4) is 0 Å². The molecule has 2 aromatic rings. The summed E-state index contributed by atoms with van der Waals surface area (Å²) in [5.41, 5.74) is 0.572. The van der Waals surface area contributed by atoms with Gasteiger partial charge in [-0.3, -0.25) is 9.71 Å². The highest BCUT2D eigenvalue weighted by Crippen LogP contribution is 2.24. The summed E-state index contributed by atoms with van der Waals surface area (Å²) in [6.45, 7) is 0. The molecule has 5 nitrogen and oxygen atoms in total. The molecule has 1 heterocycles. The van der Waals surface area contributed by atoms with Crippen molar-refractivity contribution in [3.05, 3.63) is 47.5 Å². The van der Waals surface area contributed by atoms with Gasteiger partial charge < -0.3 is 5.32 Å². The molecule has 0 bridgehead atoms. The molecular formula is C12H11ClFN3O2S. The van der Waals surface area contributed by atoms with E-state index in [4.69, 9.17) is 11.6 Å². The van der Waals surface area contributed by atoms with Gasteiger partial charge in [-0.25, -0.2) is 12.8 Å². The molecule has 8 heteroatoms. The summed E-state index contributed by atoms with van der Waals surface area (Å²) in [7, 11) is -2.24. The lowest BCUT2D eigenvalue weighted by Gasteiger charge is -2.11. The Hall–Kier alpha value is -1.86. The van der Waals surface area contributed by atoms with E-state index in [1.807, 2.05) is 0 Å². The molecular weight excluding hydrogens is 305 g/mol. The van der Waals surface area contributed by atoms with Gasteiger partial charge in [0.1, 0.15) is 10.7 Å². The van der Waals surface area contributed by atoms with Gasteiger partial charge >= 0.3 is 0 Å². The average Bonchev–Trinajstić information content (AvgIpc) is 2.42. The van der Waals surface area contributed by atoms with Crippen LogP contribution in [0.15, 0.2) is 41.6 Å². The normalized spacial score (nSPS) is 11.2. The highest BCUT2D eigenvalue weighted by molar-refractivity contribution is 7.92. The smallest absolute Gasteiger partial charge is 0.265 e. The number of aromatic nitrogens is 1. The van der Waals surface area contributed by atoms with Crippen LogP contribution in [-0.4, -0.2) is 20.4 Å². The zero-order valence-electron chi connectivity index (χ0n) is 10.4. The molecule has 0 aliphatic heterocycles. The number of anilines is 2. The summed E-state index contributed by atoms with van der Waals surface area (Å²) in [5.74, 6) is -0.619. The van der Waals surface area contributed by atoms with Gasteiger partial charge in [-0.2, -0.15) is 0 Å². The molecule has 0 saturated heterocycles. The molecule has 0 aliphatic rings. The lowest BCUT2D eigenvalue weighted by atomic mass is 10.3. The Balaban J connectivity index is 2.38. The predicted octanol–water partition coefficient (Wildman–Crippen LogP) is 2.72. The molecule has 0 aliphatic carbocycles. The monoisotopic (exact) mass is 315 g/mol. The summed E-state index contributed by atoms with van der Waals surface area (Å²) in [5, 5.41) is 2.60. The van der Waals surface area contributed by atoms with Crippen molar-refractivity contribution in [1.29, 1.82) is 0 Å². The zero-order valence-corrected chi connectivity index (χ0v) is 12.0. The van der Waals surface area contributed by atoms with Crippen LogP contribution in [-0.2, 0) is 10.0 Å². The van der Waals surface area contributed by atoms with Crippen molar-refractivity contribution >= 4 is 33.0 Å². The van der Waals surface area contributed by atoms with Crippen molar-refractivity contribution in [2.45, 2.75) is 4.90 Å². The van der Waals surface area contributed by atoms with Crippen LogP contribution in [0.25, 0.3) is 0 Å². The number of nitrogens with zero attached hydrogens (tertiary/aromatic N) is 1. The standard InChI is InChI=1S/C12H11ClFN3O2S/c1-15-11-4-5-16-7-12(11)20(18,19)17-8-2-3-10(14)9(13)6-8/h2-7,17H,1H3,(H,15,16). The number of sulfonamides is 1. The minimum absolute atomic E-state index is 0.0112. The number of hydrogen-bond acceptors (Lipinski definition) is 4. The minimum atomic E-state index is -3.84. The molecule has 2 N–H and O–H groups in total. The Labute approximate surface area is 120 Å². The van der Waals surface area contributed by atoms with Crippen LogP contribution < -0.4 is 10.0 Å². The molecule has 0 saturated carbocycles. The molecule has 0 fully saturated rings. The van der Waals surface area contributed by atoms with E-state index in [-0.39, 0.29) is 15.6 Å². The molecule has 106 valence electrons. The van der Waals surface area contributed by atoms with E-state index >= 15 is 0 Å². The second-order valence-corrected chi connectivity index (χ2v) is 5.91.